The van der Waals surface area contributed by atoms with Crippen molar-refractivity contribution in [3.63, 3.8) is 0 Å². The predicted octanol–water partition coefficient (Wildman–Crippen LogP) is 8.31. The van der Waals surface area contributed by atoms with Crippen LogP contribution in [0.2, 0.25) is 0 Å². The SMILES string of the molecule is Cc1c(CC(C)(C)CCNC(=O)c2ccccc2O)c(C)c2c(c1-c1ccoc1)OCC2c1ccc(C(C)C)cc1. The molecule has 0 fully saturated rings. The number of para-hydroxylation sites is 1. The minimum atomic E-state index is -0.255. The summed E-state index contributed by atoms with van der Waals surface area (Å²) in [5, 5.41) is 13.0. The Labute approximate surface area is 243 Å². The number of ether oxygens (including phenoxy) is 1. The molecule has 0 radical (unpaired) electrons. The number of phenolic OH excluding ortho intramolecular Hbond substituents is 1. The van der Waals surface area contributed by atoms with Gasteiger partial charge in [-0.2, -0.15) is 0 Å². The number of benzene rings is 3. The van der Waals surface area contributed by atoms with Crippen LogP contribution in [0.1, 0.15) is 89.7 Å². The summed E-state index contributed by atoms with van der Waals surface area (Å²) >= 11 is 0. The fraction of sp³-hybridized carbons (Fsp3) is 0.361. The summed E-state index contributed by atoms with van der Waals surface area (Å²) in [6, 6.07) is 17.6. The van der Waals surface area contributed by atoms with Crippen LogP contribution in [0.4, 0.5) is 0 Å². The van der Waals surface area contributed by atoms with E-state index in [1.54, 1.807) is 30.7 Å². The van der Waals surface area contributed by atoms with E-state index in [4.69, 9.17) is 9.15 Å². The van der Waals surface area contributed by atoms with Gasteiger partial charge in [-0.15, -0.1) is 0 Å². The number of furan rings is 1. The van der Waals surface area contributed by atoms with Gasteiger partial charge >= 0.3 is 0 Å². The molecule has 1 atom stereocenters. The summed E-state index contributed by atoms with van der Waals surface area (Å²) in [7, 11) is 0. The van der Waals surface area contributed by atoms with E-state index in [-0.39, 0.29) is 23.0 Å². The summed E-state index contributed by atoms with van der Waals surface area (Å²) < 4.78 is 12.0. The first kappa shape index (κ1) is 28.5. The Morgan fingerprint density at radius 2 is 1.78 bits per heavy atom. The second-order valence-electron chi connectivity index (χ2n) is 12.4. The third-order valence-corrected chi connectivity index (χ3v) is 8.61. The minimum Gasteiger partial charge on any atom is -0.507 e. The summed E-state index contributed by atoms with van der Waals surface area (Å²) in [5.74, 6) is 1.36. The van der Waals surface area contributed by atoms with Crippen molar-refractivity contribution in [1.29, 1.82) is 0 Å². The topological polar surface area (TPSA) is 71.7 Å². The summed E-state index contributed by atoms with van der Waals surface area (Å²) in [6.07, 6.45) is 5.17. The molecule has 1 unspecified atom stereocenters. The molecule has 0 aliphatic carbocycles. The number of amides is 1. The Kier molecular flexibility index (Phi) is 7.99. The van der Waals surface area contributed by atoms with Gasteiger partial charge in [0.25, 0.3) is 5.91 Å². The van der Waals surface area contributed by atoms with Crippen molar-refractivity contribution >= 4 is 5.91 Å². The molecule has 1 aliphatic heterocycles. The van der Waals surface area contributed by atoms with Gasteiger partial charge in [-0.1, -0.05) is 64.1 Å². The molecule has 0 saturated carbocycles. The maximum atomic E-state index is 12.7. The van der Waals surface area contributed by atoms with Crippen molar-refractivity contribution in [2.45, 2.75) is 66.2 Å². The maximum absolute atomic E-state index is 12.7. The molecule has 5 nitrogen and oxygen atoms in total. The molecular weight excluding hydrogens is 510 g/mol. The van der Waals surface area contributed by atoms with Gasteiger partial charge in [0.15, 0.2) is 0 Å². The van der Waals surface area contributed by atoms with Gasteiger partial charge in [0.2, 0.25) is 0 Å². The highest BCUT2D eigenvalue weighted by molar-refractivity contribution is 5.96. The Balaban J connectivity index is 1.45. The number of rotatable bonds is 9. The molecule has 4 aromatic rings. The smallest absolute Gasteiger partial charge is 0.255 e. The molecule has 1 aromatic heterocycles. The van der Waals surface area contributed by atoms with Crippen LogP contribution < -0.4 is 10.1 Å². The lowest BCUT2D eigenvalue weighted by Crippen LogP contribution is -2.29. The van der Waals surface area contributed by atoms with Gasteiger partial charge in [0, 0.05) is 29.2 Å². The molecule has 3 aromatic carbocycles. The number of fused-ring (bicyclic) bond motifs is 1. The van der Waals surface area contributed by atoms with Crippen molar-refractivity contribution in [2.75, 3.05) is 13.2 Å². The van der Waals surface area contributed by atoms with Gasteiger partial charge in [0.05, 0.1) is 24.7 Å². The molecule has 1 aliphatic rings. The van der Waals surface area contributed by atoms with Crippen LogP contribution in [0.15, 0.2) is 71.5 Å². The largest absolute Gasteiger partial charge is 0.507 e. The predicted molar refractivity (Wildman–Crippen MR) is 164 cm³/mol. The Hall–Kier alpha value is -3.99. The fourth-order valence-electron chi connectivity index (χ4n) is 6.13. The zero-order valence-electron chi connectivity index (χ0n) is 25.0. The van der Waals surface area contributed by atoms with Crippen molar-refractivity contribution in [1.82, 2.24) is 5.32 Å². The fourth-order valence-corrected chi connectivity index (χ4v) is 6.13. The number of hydrogen-bond donors (Lipinski definition) is 2. The lowest BCUT2D eigenvalue weighted by molar-refractivity contribution is 0.0946. The highest BCUT2D eigenvalue weighted by atomic mass is 16.5. The quantitative estimate of drug-likeness (QED) is 0.219. The first-order chi connectivity index (χ1) is 19.6. The summed E-state index contributed by atoms with van der Waals surface area (Å²) in [5.41, 5.74) is 10.1. The third kappa shape index (κ3) is 5.76. The average molecular weight is 552 g/mol. The Bertz CT molecular complexity index is 1530. The van der Waals surface area contributed by atoms with Crippen LogP contribution in [0, 0.1) is 19.3 Å². The molecule has 0 bridgehead atoms. The Morgan fingerprint density at radius 1 is 1.05 bits per heavy atom. The van der Waals surface area contributed by atoms with E-state index >= 15 is 0 Å². The van der Waals surface area contributed by atoms with E-state index in [2.05, 4.69) is 71.1 Å². The van der Waals surface area contributed by atoms with Crippen LogP contribution in [0.5, 0.6) is 11.5 Å². The van der Waals surface area contributed by atoms with Gasteiger partial charge in [-0.25, -0.2) is 0 Å². The highest BCUT2D eigenvalue weighted by Gasteiger charge is 2.35. The van der Waals surface area contributed by atoms with Crippen LogP contribution in [-0.2, 0) is 6.42 Å². The molecule has 5 rings (SSSR count). The zero-order chi connectivity index (χ0) is 29.3. The van der Waals surface area contributed by atoms with E-state index in [0.29, 0.717) is 24.6 Å². The minimum absolute atomic E-state index is 0.00366. The number of nitrogens with one attached hydrogen (secondary N) is 1. The first-order valence-electron chi connectivity index (χ1n) is 14.5. The molecule has 2 N–H and O–H groups in total. The van der Waals surface area contributed by atoms with E-state index < -0.39 is 0 Å². The van der Waals surface area contributed by atoms with Crippen LogP contribution in [0.25, 0.3) is 11.1 Å². The second kappa shape index (κ2) is 11.5. The number of aromatic hydroxyl groups is 1. The van der Waals surface area contributed by atoms with E-state index in [1.807, 2.05) is 6.07 Å². The molecule has 2 heterocycles. The number of phenols is 1. The summed E-state index contributed by atoms with van der Waals surface area (Å²) in [6.45, 7) is 14.5. The van der Waals surface area contributed by atoms with Gasteiger partial charge in [0.1, 0.15) is 11.5 Å². The third-order valence-electron chi connectivity index (χ3n) is 8.61. The van der Waals surface area contributed by atoms with Crippen LogP contribution in [-0.4, -0.2) is 24.2 Å². The second-order valence-corrected chi connectivity index (χ2v) is 12.4. The van der Waals surface area contributed by atoms with Crippen molar-refractivity contribution in [3.8, 4) is 22.6 Å². The molecule has 0 saturated heterocycles. The monoisotopic (exact) mass is 551 g/mol. The van der Waals surface area contributed by atoms with E-state index in [9.17, 15) is 9.90 Å². The Morgan fingerprint density at radius 3 is 2.44 bits per heavy atom. The molecular formula is C36H41NO4. The van der Waals surface area contributed by atoms with Crippen molar-refractivity contribution < 1.29 is 19.1 Å². The molecule has 41 heavy (non-hydrogen) atoms. The average Bonchev–Trinajstić information content (AvgIpc) is 3.62. The van der Waals surface area contributed by atoms with E-state index in [0.717, 1.165) is 29.7 Å². The number of hydrogen-bond acceptors (Lipinski definition) is 4. The van der Waals surface area contributed by atoms with Gasteiger partial charge in [-0.05, 0) is 84.0 Å². The van der Waals surface area contributed by atoms with Crippen LogP contribution >= 0.6 is 0 Å². The normalized spacial score (nSPS) is 14.7. The molecule has 1 amide bonds. The highest BCUT2D eigenvalue weighted by Crippen LogP contribution is 2.50. The molecule has 214 valence electrons. The maximum Gasteiger partial charge on any atom is 0.255 e. The first-order valence-corrected chi connectivity index (χ1v) is 14.5. The zero-order valence-corrected chi connectivity index (χ0v) is 25.0. The molecule has 5 heteroatoms. The lowest BCUT2D eigenvalue weighted by atomic mass is 9.76. The van der Waals surface area contributed by atoms with Gasteiger partial charge in [-0.3, -0.25) is 4.79 Å². The lowest BCUT2D eigenvalue weighted by Gasteiger charge is -2.29. The van der Waals surface area contributed by atoms with Gasteiger partial charge < -0.3 is 19.6 Å². The summed E-state index contributed by atoms with van der Waals surface area (Å²) in [4.78, 5) is 12.7. The van der Waals surface area contributed by atoms with E-state index in [1.165, 1.54) is 39.4 Å². The standard InChI is InChI=1S/C36H41NO4/c1-22(2)25-11-13-26(14-12-25)30-21-41-34-32(27-15-18-40-20-27)23(3)29(24(4)33(30)34)19-36(5,6)16-17-37-35(39)28-9-7-8-10-31(28)38/h7-15,18,20,22,30,38H,16-17,19,21H2,1-6H3,(H,37,39). The molecule has 0 spiro atoms. The van der Waals surface area contributed by atoms with Crippen molar-refractivity contribution in [3.05, 3.63) is 106 Å². The number of carbonyl (C=O) groups excluding carboxylic acids is 1. The number of carbonyl (C=O) groups is 1. The van der Waals surface area contributed by atoms with Crippen LogP contribution in [0.3, 0.4) is 0 Å². The van der Waals surface area contributed by atoms with Crippen molar-refractivity contribution in [2.24, 2.45) is 5.41 Å².